The maximum absolute atomic E-state index is 5.79. The van der Waals surface area contributed by atoms with Crippen molar-refractivity contribution < 1.29 is 4.74 Å². The summed E-state index contributed by atoms with van der Waals surface area (Å²) in [5.74, 6) is 0.996. The molecule has 0 spiro atoms. The molecule has 98 valence electrons. The van der Waals surface area contributed by atoms with E-state index in [1.165, 1.54) is 30.4 Å². The van der Waals surface area contributed by atoms with Gasteiger partial charge in [0.25, 0.3) is 0 Å². The Kier molecular flexibility index (Phi) is 3.68. The summed E-state index contributed by atoms with van der Waals surface area (Å²) in [5, 5.41) is 3.34. The van der Waals surface area contributed by atoms with Gasteiger partial charge in [-0.1, -0.05) is 24.3 Å². The molecular weight excluding hydrogens is 234 g/mol. The monoisotopic (exact) mass is 253 g/mol. The molecule has 3 rings (SSSR count). The van der Waals surface area contributed by atoms with Crippen LogP contribution < -0.4 is 10.1 Å². The van der Waals surface area contributed by atoms with Crippen LogP contribution in [0.5, 0.6) is 5.75 Å². The zero-order chi connectivity index (χ0) is 12.9. The van der Waals surface area contributed by atoms with Gasteiger partial charge >= 0.3 is 0 Å². The van der Waals surface area contributed by atoms with E-state index in [1.54, 1.807) is 0 Å². The lowest BCUT2D eigenvalue weighted by molar-refractivity contribution is 0.332. The van der Waals surface area contributed by atoms with Crippen molar-refractivity contribution in [3.8, 4) is 5.75 Å². The van der Waals surface area contributed by atoms with Crippen molar-refractivity contribution in [1.82, 2.24) is 0 Å². The third-order valence-electron chi connectivity index (χ3n) is 3.54. The van der Waals surface area contributed by atoms with E-state index >= 15 is 0 Å². The van der Waals surface area contributed by atoms with Gasteiger partial charge < -0.3 is 10.1 Å². The lowest BCUT2D eigenvalue weighted by atomic mass is 10.1. The van der Waals surface area contributed by atoms with Crippen LogP contribution in [0, 0.1) is 0 Å². The average Bonchev–Trinajstić information content (AvgIpc) is 2.92. The van der Waals surface area contributed by atoms with Gasteiger partial charge in [-0.25, -0.2) is 0 Å². The second-order valence-electron chi connectivity index (χ2n) is 4.93. The van der Waals surface area contributed by atoms with E-state index in [-0.39, 0.29) is 0 Å². The summed E-state index contributed by atoms with van der Waals surface area (Å²) in [5.41, 5.74) is 4.10. The maximum Gasteiger partial charge on any atom is 0.119 e. The van der Waals surface area contributed by atoms with Crippen LogP contribution in [-0.4, -0.2) is 13.2 Å². The van der Waals surface area contributed by atoms with Crippen LogP contribution in [0.4, 0.5) is 5.69 Å². The number of aryl methyl sites for hydroxylation is 2. The predicted molar refractivity (Wildman–Crippen MR) is 78.9 cm³/mol. The summed E-state index contributed by atoms with van der Waals surface area (Å²) >= 11 is 0. The van der Waals surface area contributed by atoms with E-state index in [0.29, 0.717) is 6.61 Å². The SMILES string of the molecule is c1ccc(NCCOc2ccc3c(c2)CCC3)cc1. The largest absolute Gasteiger partial charge is 0.492 e. The number of benzene rings is 2. The van der Waals surface area contributed by atoms with Crippen LogP contribution in [0.3, 0.4) is 0 Å². The van der Waals surface area contributed by atoms with Crippen molar-refractivity contribution in [3.63, 3.8) is 0 Å². The minimum absolute atomic E-state index is 0.688. The van der Waals surface area contributed by atoms with E-state index in [2.05, 4.69) is 35.6 Å². The highest BCUT2D eigenvalue weighted by Crippen LogP contribution is 2.25. The molecule has 0 fully saturated rings. The molecule has 1 aliphatic rings. The summed E-state index contributed by atoms with van der Waals surface area (Å²) < 4.78 is 5.79. The molecule has 2 aromatic rings. The molecule has 0 saturated heterocycles. The maximum atomic E-state index is 5.79. The molecule has 0 aliphatic heterocycles. The van der Waals surface area contributed by atoms with Crippen LogP contribution in [0.25, 0.3) is 0 Å². The van der Waals surface area contributed by atoms with E-state index in [0.717, 1.165) is 18.0 Å². The van der Waals surface area contributed by atoms with E-state index in [9.17, 15) is 0 Å². The standard InChI is InChI=1S/C17H19NO/c1-2-7-16(8-3-1)18-11-12-19-17-10-9-14-5-4-6-15(14)13-17/h1-3,7-10,13,18H,4-6,11-12H2. The van der Waals surface area contributed by atoms with Crippen molar-refractivity contribution >= 4 is 5.69 Å². The van der Waals surface area contributed by atoms with Gasteiger partial charge in [-0.05, 0) is 54.7 Å². The molecule has 0 amide bonds. The zero-order valence-electron chi connectivity index (χ0n) is 11.1. The van der Waals surface area contributed by atoms with Gasteiger partial charge in [0.1, 0.15) is 12.4 Å². The molecular formula is C17H19NO. The minimum atomic E-state index is 0.688. The normalized spacial score (nSPS) is 13.1. The highest BCUT2D eigenvalue weighted by molar-refractivity contribution is 5.42. The van der Waals surface area contributed by atoms with E-state index in [4.69, 9.17) is 4.74 Å². The molecule has 0 aromatic heterocycles. The summed E-state index contributed by atoms with van der Waals surface area (Å²) in [7, 11) is 0. The number of ether oxygens (including phenoxy) is 1. The molecule has 1 aliphatic carbocycles. The van der Waals surface area contributed by atoms with Crippen LogP contribution in [0.15, 0.2) is 48.5 Å². The molecule has 0 heterocycles. The number of hydrogen-bond donors (Lipinski definition) is 1. The number of rotatable bonds is 5. The van der Waals surface area contributed by atoms with E-state index in [1.807, 2.05) is 18.2 Å². The molecule has 2 heteroatoms. The van der Waals surface area contributed by atoms with Crippen molar-refractivity contribution in [2.75, 3.05) is 18.5 Å². The number of anilines is 1. The van der Waals surface area contributed by atoms with Gasteiger partial charge in [-0.2, -0.15) is 0 Å². The highest BCUT2D eigenvalue weighted by atomic mass is 16.5. The zero-order valence-corrected chi connectivity index (χ0v) is 11.1. The predicted octanol–water partition coefficient (Wildman–Crippen LogP) is 3.67. The molecule has 0 saturated carbocycles. The molecule has 19 heavy (non-hydrogen) atoms. The highest BCUT2D eigenvalue weighted by Gasteiger charge is 2.10. The molecule has 0 unspecified atom stereocenters. The lowest BCUT2D eigenvalue weighted by Gasteiger charge is -2.09. The number of fused-ring (bicyclic) bond motifs is 1. The fourth-order valence-electron chi connectivity index (χ4n) is 2.56. The number of nitrogens with one attached hydrogen (secondary N) is 1. The smallest absolute Gasteiger partial charge is 0.119 e. The fraction of sp³-hybridized carbons (Fsp3) is 0.294. The van der Waals surface area contributed by atoms with Gasteiger partial charge in [-0.15, -0.1) is 0 Å². The first kappa shape index (κ1) is 12.1. The van der Waals surface area contributed by atoms with Gasteiger partial charge in [-0.3, -0.25) is 0 Å². The quantitative estimate of drug-likeness (QED) is 0.821. The first-order chi connectivity index (χ1) is 9.42. The van der Waals surface area contributed by atoms with Gasteiger partial charge in [0.15, 0.2) is 0 Å². The topological polar surface area (TPSA) is 21.3 Å². The second kappa shape index (κ2) is 5.79. The molecule has 0 radical (unpaired) electrons. The Hall–Kier alpha value is -1.96. The van der Waals surface area contributed by atoms with Crippen molar-refractivity contribution in [2.24, 2.45) is 0 Å². The number of para-hydroxylation sites is 1. The number of hydrogen-bond acceptors (Lipinski definition) is 2. The first-order valence-corrected chi connectivity index (χ1v) is 6.95. The van der Waals surface area contributed by atoms with E-state index < -0.39 is 0 Å². The van der Waals surface area contributed by atoms with Gasteiger partial charge in [0.05, 0.1) is 0 Å². The Labute approximate surface area is 114 Å². The Morgan fingerprint density at radius 2 is 1.79 bits per heavy atom. The second-order valence-corrected chi connectivity index (χ2v) is 4.93. The summed E-state index contributed by atoms with van der Waals surface area (Å²) in [6, 6.07) is 16.7. The van der Waals surface area contributed by atoms with Crippen LogP contribution >= 0.6 is 0 Å². The summed E-state index contributed by atoms with van der Waals surface area (Å²) in [6.45, 7) is 1.51. The lowest BCUT2D eigenvalue weighted by Crippen LogP contribution is -2.11. The Balaban J connectivity index is 1.48. The fourth-order valence-corrected chi connectivity index (χ4v) is 2.56. The van der Waals surface area contributed by atoms with Crippen LogP contribution in [0.2, 0.25) is 0 Å². The molecule has 0 bridgehead atoms. The minimum Gasteiger partial charge on any atom is -0.492 e. The Morgan fingerprint density at radius 1 is 0.947 bits per heavy atom. The molecule has 2 nitrogen and oxygen atoms in total. The van der Waals surface area contributed by atoms with Gasteiger partial charge in [0.2, 0.25) is 0 Å². The van der Waals surface area contributed by atoms with Gasteiger partial charge in [0, 0.05) is 12.2 Å². The third-order valence-corrected chi connectivity index (χ3v) is 3.54. The molecule has 1 N–H and O–H groups in total. The van der Waals surface area contributed by atoms with Crippen LogP contribution in [0.1, 0.15) is 17.5 Å². The molecule has 2 aromatic carbocycles. The first-order valence-electron chi connectivity index (χ1n) is 6.95. The average molecular weight is 253 g/mol. The Morgan fingerprint density at radius 3 is 2.68 bits per heavy atom. The molecule has 0 atom stereocenters. The van der Waals surface area contributed by atoms with Crippen molar-refractivity contribution in [1.29, 1.82) is 0 Å². The third kappa shape index (κ3) is 3.08. The van der Waals surface area contributed by atoms with Crippen LogP contribution in [-0.2, 0) is 12.8 Å². The summed E-state index contributed by atoms with van der Waals surface area (Å²) in [6.07, 6.45) is 3.72. The van der Waals surface area contributed by atoms with Crippen molar-refractivity contribution in [2.45, 2.75) is 19.3 Å². The Bertz CT molecular complexity index is 536. The van der Waals surface area contributed by atoms with Crippen molar-refractivity contribution in [3.05, 3.63) is 59.7 Å². The summed E-state index contributed by atoms with van der Waals surface area (Å²) in [4.78, 5) is 0.